The zero-order valence-corrected chi connectivity index (χ0v) is 31.2. The summed E-state index contributed by atoms with van der Waals surface area (Å²) in [5.74, 6) is -0.561. The van der Waals surface area contributed by atoms with Crippen LogP contribution in [0.25, 0.3) is 0 Å². The maximum atomic E-state index is 12.3. The second-order valence-electron chi connectivity index (χ2n) is 13.7. The first-order chi connectivity index (χ1) is 22.4. The number of halogens is 4. The van der Waals surface area contributed by atoms with Gasteiger partial charge in [-0.2, -0.15) is 0 Å². The van der Waals surface area contributed by atoms with Gasteiger partial charge < -0.3 is 39.0 Å². The predicted octanol–water partition coefficient (Wildman–Crippen LogP) is 7.82. The minimum atomic E-state index is -0.567. The maximum absolute atomic E-state index is 12.3. The van der Waals surface area contributed by atoms with E-state index in [0.717, 1.165) is 11.1 Å². The summed E-state index contributed by atoms with van der Waals surface area (Å²) in [5.41, 5.74) is 0.522. The summed E-state index contributed by atoms with van der Waals surface area (Å²) in [6.07, 6.45) is -1.53. The fourth-order valence-corrected chi connectivity index (χ4v) is 5.81. The van der Waals surface area contributed by atoms with Crippen molar-refractivity contribution >= 4 is 58.6 Å². The number of aliphatic hydroxyl groups is 2. The molecule has 0 aromatic heterocycles. The quantitative estimate of drug-likeness (QED) is 0.325. The van der Waals surface area contributed by atoms with E-state index in [1.54, 1.807) is 34.1 Å². The van der Waals surface area contributed by atoms with Crippen LogP contribution in [0.2, 0.25) is 20.1 Å². The van der Waals surface area contributed by atoms with E-state index >= 15 is 0 Å². The molecule has 2 heterocycles. The number of carbonyl (C=O) groups excluding carboxylic acids is 2. The van der Waals surface area contributed by atoms with Gasteiger partial charge in [-0.15, -0.1) is 0 Å². The summed E-state index contributed by atoms with van der Waals surface area (Å²) >= 11 is 24.1. The van der Waals surface area contributed by atoms with Gasteiger partial charge in [-0.3, -0.25) is 0 Å². The molecule has 2 saturated heterocycles. The Morgan fingerprint density at radius 3 is 1.33 bits per heavy atom. The van der Waals surface area contributed by atoms with E-state index < -0.39 is 23.4 Å². The molecule has 2 unspecified atom stereocenters. The smallest absolute Gasteiger partial charge is 0.410 e. The Hall–Kier alpha value is -2.02. The molecule has 4 atom stereocenters. The van der Waals surface area contributed by atoms with Gasteiger partial charge in [0, 0.05) is 38.0 Å². The van der Waals surface area contributed by atoms with E-state index in [9.17, 15) is 19.8 Å². The number of nitrogens with zero attached hydrogens (tertiary/aromatic N) is 2. The standard InChI is InChI=1S/2C17H23Cl2NO4/c2*1-17(2,3)24-16(22)20-6-7-23-15(12(9-20)10-21)11-4-5-13(18)14(19)8-11/h2*4-5,8,12,15,21H,6-7,9-10H2,1-3H3/t12-,15-;/m0./s1. The summed E-state index contributed by atoms with van der Waals surface area (Å²) in [6.45, 7) is 12.9. The highest BCUT2D eigenvalue weighted by atomic mass is 35.5. The molecule has 0 bridgehead atoms. The number of hydrogen-bond acceptors (Lipinski definition) is 8. The molecule has 2 aliphatic heterocycles. The Labute approximate surface area is 303 Å². The first kappa shape index (κ1) is 40.4. The molecule has 2 aliphatic rings. The van der Waals surface area contributed by atoms with Gasteiger partial charge in [-0.25, -0.2) is 9.59 Å². The van der Waals surface area contributed by atoms with Crippen molar-refractivity contribution in [3.8, 4) is 0 Å². The lowest BCUT2D eigenvalue weighted by Crippen LogP contribution is -2.40. The third-order valence-electron chi connectivity index (χ3n) is 7.40. The van der Waals surface area contributed by atoms with Crippen LogP contribution in [-0.4, -0.2) is 96.0 Å². The largest absolute Gasteiger partial charge is 0.444 e. The molecule has 2 amide bonds. The molecule has 10 nitrogen and oxygen atoms in total. The fraction of sp³-hybridized carbons (Fsp3) is 0.588. The second-order valence-corrected chi connectivity index (χ2v) is 15.3. The molecular weight excluding hydrogens is 706 g/mol. The van der Waals surface area contributed by atoms with Crippen molar-refractivity contribution in [2.24, 2.45) is 11.8 Å². The van der Waals surface area contributed by atoms with Gasteiger partial charge in [-0.1, -0.05) is 58.5 Å². The highest BCUT2D eigenvalue weighted by Gasteiger charge is 2.34. The number of aliphatic hydroxyl groups excluding tert-OH is 2. The molecule has 14 heteroatoms. The third kappa shape index (κ3) is 12.1. The van der Waals surface area contributed by atoms with Gasteiger partial charge in [0.25, 0.3) is 0 Å². The monoisotopic (exact) mass is 750 g/mol. The van der Waals surface area contributed by atoms with Crippen molar-refractivity contribution in [3.05, 3.63) is 67.6 Å². The van der Waals surface area contributed by atoms with Crippen molar-refractivity contribution in [1.82, 2.24) is 9.80 Å². The topological polar surface area (TPSA) is 118 Å². The van der Waals surface area contributed by atoms with Crippen molar-refractivity contribution < 1.29 is 38.7 Å². The number of rotatable bonds is 4. The molecular formula is C34H46Cl4N2O8. The van der Waals surface area contributed by atoms with Gasteiger partial charge in [0.15, 0.2) is 0 Å². The number of amides is 2. The lowest BCUT2D eigenvalue weighted by molar-refractivity contribution is 0.0104. The van der Waals surface area contributed by atoms with E-state index in [0.29, 0.717) is 59.5 Å². The van der Waals surface area contributed by atoms with Crippen LogP contribution in [0.5, 0.6) is 0 Å². The maximum Gasteiger partial charge on any atom is 0.410 e. The molecule has 0 radical (unpaired) electrons. The van der Waals surface area contributed by atoms with Gasteiger partial charge in [0.05, 0.1) is 58.7 Å². The highest BCUT2D eigenvalue weighted by molar-refractivity contribution is 6.42. The van der Waals surface area contributed by atoms with Crippen molar-refractivity contribution in [1.29, 1.82) is 0 Å². The van der Waals surface area contributed by atoms with Crippen LogP contribution < -0.4 is 0 Å². The minimum absolute atomic E-state index is 0.121. The molecule has 0 aliphatic carbocycles. The highest BCUT2D eigenvalue weighted by Crippen LogP contribution is 2.35. The van der Waals surface area contributed by atoms with Gasteiger partial charge >= 0.3 is 12.2 Å². The van der Waals surface area contributed by atoms with Crippen LogP contribution in [0.4, 0.5) is 9.59 Å². The summed E-state index contributed by atoms with van der Waals surface area (Å²) in [7, 11) is 0. The summed E-state index contributed by atoms with van der Waals surface area (Å²) in [5, 5.41) is 21.4. The Balaban J connectivity index is 0.000000260. The van der Waals surface area contributed by atoms with E-state index in [-0.39, 0.29) is 37.3 Å². The van der Waals surface area contributed by atoms with Gasteiger partial charge in [0.1, 0.15) is 11.2 Å². The van der Waals surface area contributed by atoms with Crippen LogP contribution in [0.1, 0.15) is 64.9 Å². The van der Waals surface area contributed by atoms with Crippen molar-refractivity contribution in [2.75, 3.05) is 52.6 Å². The second kappa shape index (κ2) is 17.8. The first-order valence-electron chi connectivity index (χ1n) is 15.7. The van der Waals surface area contributed by atoms with Crippen molar-refractivity contribution in [3.63, 3.8) is 0 Å². The fourth-order valence-electron chi connectivity index (χ4n) is 5.20. The Morgan fingerprint density at radius 1 is 0.688 bits per heavy atom. The summed E-state index contributed by atoms with van der Waals surface area (Å²) in [4.78, 5) is 27.7. The van der Waals surface area contributed by atoms with Gasteiger partial charge in [-0.05, 0) is 76.9 Å². The molecule has 2 N–H and O–H groups in total. The Morgan fingerprint density at radius 2 is 1.04 bits per heavy atom. The SMILES string of the molecule is CC(C)(C)OC(=O)N1CCOC(c2ccc(Cl)c(Cl)c2)C(CO)C1.CC(C)(C)OC(=O)N1CCO[C@@H](c2ccc(Cl)c(Cl)c2)[C@H](CO)C1. The Bertz CT molecular complexity index is 1280. The number of carbonyl (C=O) groups is 2. The molecule has 0 saturated carbocycles. The molecule has 2 aromatic rings. The number of ether oxygens (including phenoxy) is 4. The minimum Gasteiger partial charge on any atom is -0.444 e. The van der Waals surface area contributed by atoms with E-state index in [1.807, 2.05) is 53.7 Å². The zero-order valence-electron chi connectivity index (χ0n) is 28.2. The summed E-state index contributed by atoms with van der Waals surface area (Å²) in [6, 6.07) is 10.5. The van der Waals surface area contributed by atoms with Gasteiger partial charge in [0.2, 0.25) is 0 Å². The first-order valence-corrected chi connectivity index (χ1v) is 17.2. The molecule has 268 valence electrons. The predicted molar refractivity (Wildman–Crippen MR) is 187 cm³/mol. The molecule has 2 fully saturated rings. The Kier molecular flexibility index (Phi) is 15.0. The average Bonchev–Trinajstić information content (AvgIpc) is 3.35. The lowest BCUT2D eigenvalue weighted by atomic mass is 9.96. The van der Waals surface area contributed by atoms with Crippen LogP contribution in [0.3, 0.4) is 0 Å². The third-order valence-corrected chi connectivity index (χ3v) is 8.88. The van der Waals surface area contributed by atoms with E-state index in [4.69, 9.17) is 65.4 Å². The number of hydrogen-bond donors (Lipinski definition) is 2. The molecule has 48 heavy (non-hydrogen) atoms. The molecule has 2 aromatic carbocycles. The van der Waals surface area contributed by atoms with Crippen LogP contribution in [-0.2, 0) is 18.9 Å². The van der Waals surface area contributed by atoms with Crippen molar-refractivity contribution in [2.45, 2.75) is 65.0 Å². The van der Waals surface area contributed by atoms with E-state index in [2.05, 4.69) is 0 Å². The van der Waals surface area contributed by atoms with Crippen LogP contribution in [0, 0.1) is 11.8 Å². The van der Waals surface area contributed by atoms with E-state index in [1.165, 1.54) is 0 Å². The zero-order chi connectivity index (χ0) is 35.8. The van der Waals surface area contributed by atoms with Crippen LogP contribution in [0.15, 0.2) is 36.4 Å². The molecule has 4 rings (SSSR count). The van der Waals surface area contributed by atoms with Crippen LogP contribution >= 0.6 is 46.4 Å². The summed E-state index contributed by atoms with van der Waals surface area (Å²) < 4.78 is 22.6. The average molecular weight is 753 g/mol. The normalized spacial score (nSPS) is 22.2. The lowest BCUT2D eigenvalue weighted by Gasteiger charge is -2.29. The number of benzene rings is 2. The molecule has 0 spiro atoms.